The van der Waals surface area contributed by atoms with Crippen molar-refractivity contribution < 1.29 is 23.0 Å². The molecule has 1 saturated heterocycles. The highest BCUT2D eigenvalue weighted by atomic mass is 19.1. The zero-order valence-corrected chi connectivity index (χ0v) is 19.7. The quantitative estimate of drug-likeness (QED) is 0.461. The second kappa shape index (κ2) is 9.27. The summed E-state index contributed by atoms with van der Waals surface area (Å²) < 4.78 is 49.3. The zero-order valence-electron chi connectivity index (χ0n) is 19.7. The summed E-state index contributed by atoms with van der Waals surface area (Å²) in [4.78, 5) is 13.6. The Morgan fingerprint density at radius 2 is 1.77 bits per heavy atom. The van der Waals surface area contributed by atoms with Crippen LogP contribution in [0.4, 0.5) is 30.8 Å². The summed E-state index contributed by atoms with van der Waals surface area (Å²) >= 11 is 0. The SMILES string of the molecule is CC(C)(O)C1CCC(Nc2ncc3nc(Nc4c(F)cc(F)cc4F)n(C4CCOC4)c3n2)CC1. The Balaban J connectivity index is 1.44. The molecule has 0 spiro atoms. The molecule has 2 aliphatic rings. The van der Waals surface area contributed by atoms with Gasteiger partial charge in [0.05, 0.1) is 24.4 Å². The lowest BCUT2D eigenvalue weighted by atomic mass is 9.77. The van der Waals surface area contributed by atoms with E-state index in [2.05, 4.69) is 25.6 Å². The third-order valence-corrected chi connectivity index (χ3v) is 7.01. The summed E-state index contributed by atoms with van der Waals surface area (Å²) in [6, 6.07) is 1.27. The van der Waals surface area contributed by atoms with Crippen molar-refractivity contribution in [2.75, 3.05) is 23.8 Å². The van der Waals surface area contributed by atoms with Gasteiger partial charge in [0.1, 0.15) is 17.0 Å². The highest BCUT2D eigenvalue weighted by Gasteiger charge is 2.32. The van der Waals surface area contributed by atoms with Gasteiger partial charge in [0.25, 0.3) is 0 Å². The van der Waals surface area contributed by atoms with Gasteiger partial charge in [-0.1, -0.05) is 0 Å². The third-order valence-electron chi connectivity index (χ3n) is 7.01. The van der Waals surface area contributed by atoms with Gasteiger partial charge in [-0.2, -0.15) is 4.98 Å². The van der Waals surface area contributed by atoms with Crippen molar-refractivity contribution in [2.24, 2.45) is 5.92 Å². The fourth-order valence-corrected chi connectivity index (χ4v) is 5.02. The standard InChI is InChI=1S/C24H29F3N6O2/c1-24(2,34)13-3-5-15(6-4-13)29-22-28-11-19-21(32-22)33(16-7-8-35-12-16)23(30-19)31-20-17(26)9-14(25)10-18(20)27/h9-11,13,15-16,34H,3-8,12H2,1-2H3,(H,30,31)(H,28,29,32). The Kier molecular flexibility index (Phi) is 6.30. The van der Waals surface area contributed by atoms with E-state index < -0.39 is 28.7 Å². The van der Waals surface area contributed by atoms with Gasteiger partial charge in [-0.3, -0.25) is 4.57 Å². The molecule has 3 heterocycles. The molecule has 11 heteroatoms. The van der Waals surface area contributed by atoms with Crippen LogP contribution < -0.4 is 10.6 Å². The smallest absolute Gasteiger partial charge is 0.224 e. The highest BCUT2D eigenvalue weighted by Crippen LogP contribution is 2.35. The highest BCUT2D eigenvalue weighted by molar-refractivity contribution is 5.76. The molecule has 3 aromatic rings. The van der Waals surface area contributed by atoms with E-state index in [0.717, 1.165) is 25.7 Å². The Hall–Kier alpha value is -2.92. The van der Waals surface area contributed by atoms with Crippen molar-refractivity contribution in [3.8, 4) is 0 Å². The fourth-order valence-electron chi connectivity index (χ4n) is 5.02. The van der Waals surface area contributed by atoms with Crippen molar-refractivity contribution in [2.45, 2.75) is 63.6 Å². The number of aliphatic hydroxyl groups is 1. The van der Waals surface area contributed by atoms with Crippen LogP contribution in [-0.4, -0.2) is 49.5 Å². The number of halogens is 3. The summed E-state index contributed by atoms with van der Waals surface area (Å²) in [5, 5.41) is 16.4. The number of ether oxygens (including phenoxy) is 1. The summed E-state index contributed by atoms with van der Waals surface area (Å²) in [6.45, 7) is 4.66. The molecule has 1 aliphatic heterocycles. The first kappa shape index (κ1) is 23.8. The van der Waals surface area contributed by atoms with Gasteiger partial charge < -0.3 is 20.5 Å². The van der Waals surface area contributed by atoms with E-state index in [9.17, 15) is 18.3 Å². The van der Waals surface area contributed by atoms with Crippen LogP contribution in [-0.2, 0) is 4.74 Å². The van der Waals surface area contributed by atoms with Crippen molar-refractivity contribution in [3.05, 3.63) is 35.8 Å². The predicted octanol–water partition coefficient (Wildman–Crippen LogP) is 4.69. The second-order valence-electron chi connectivity index (χ2n) is 9.94. The predicted molar refractivity (Wildman–Crippen MR) is 125 cm³/mol. The van der Waals surface area contributed by atoms with Gasteiger partial charge in [0, 0.05) is 24.8 Å². The fraction of sp³-hybridized carbons (Fsp3) is 0.542. The maximum absolute atomic E-state index is 14.3. The Bertz CT molecular complexity index is 1190. The van der Waals surface area contributed by atoms with Crippen LogP contribution in [0.5, 0.6) is 0 Å². The average Bonchev–Trinajstić information content (AvgIpc) is 3.43. The first-order valence-corrected chi connectivity index (χ1v) is 11.9. The number of nitrogens with zero attached hydrogens (tertiary/aromatic N) is 4. The molecule has 1 unspecified atom stereocenters. The van der Waals surface area contributed by atoms with E-state index in [4.69, 9.17) is 4.74 Å². The van der Waals surface area contributed by atoms with Gasteiger partial charge in [-0.25, -0.2) is 23.1 Å². The Morgan fingerprint density at radius 1 is 1.06 bits per heavy atom. The molecule has 3 N–H and O–H groups in total. The Labute approximate surface area is 200 Å². The monoisotopic (exact) mass is 490 g/mol. The normalized spacial score (nSPS) is 23.1. The van der Waals surface area contributed by atoms with Crippen LogP contribution in [0.15, 0.2) is 18.3 Å². The molecule has 35 heavy (non-hydrogen) atoms. The molecule has 2 fully saturated rings. The van der Waals surface area contributed by atoms with E-state index in [1.807, 2.05) is 13.8 Å². The van der Waals surface area contributed by atoms with Gasteiger partial charge in [0.15, 0.2) is 17.3 Å². The number of aromatic nitrogens is 4. The average molecular weight is 491 g/mol. The van der Waals surface area contributed by atoms with Crippen molar-refractivity contribution in [3.63, 3.8) is 0 Å². The molecule has 0 bridgehead atoms. The van der Waals surface area contributed by atoms with Crippen LogP contribution in [0.3, 0.4) is 0 Å². The maximum Gasteiger partial charge on any atom is 0.224 e. The minimum Gasteiger partial charge on any atom is -0.390 e. The largest absolute Gasteiger partial charge is 0.390 e. The van der Waals surface area contributed by atoms with Gasteiger partial charge in [0.2, 0.25) is 11.9 Å². The van der Waals surface area contributed by atoms with E-state index in [0.29, 0.717) is 48.9 Å². The molecular formula is C24H29F3N6O2. The minimum absolute atomic E-state index is 0.140. The first-order chi connectivity index (χ1) is 16.7. The molecule has 0 radical (unpaired) electrons. The van der Waals surface area contributed by atoms with Gasteiger partial charge in [-0.05, 0) is 51.9 Å². The molecule has 1 aliphatic carbocycles. The van der Waals surface area contributed by atoms with Crippen LogP contribution in [0.2, 0.25) is 0 Å². The van der Waals surface area contributed by atoms with Crippen molar-refractivity contribution >= 4 is 28.7 Å². The molecule has 1 saturated carbocycles. The number of hydrogen-bond acceptors (Lipinski definition) is 7. The lowest BCUT2D eigenvalue weighted by Gasteiger charge is -2.36. The molecule has 188 valence electrons. The maximum atomic E-state index is 14.3. The molecule has 8 nitrogen and oxygen atoms in total. The van der Waals surface area contributed by atoms with Crippen LogP contribution in [0.25, 0.3) is 11.2 Å². The topological polar surface area (TPSA) is 97.1 Å². The van der Waals surface area contributed by atoms with Crippen molar-refractivity contribution in [1.82, 2.24) is 19.5 Å². The van der Waals surface area contributed by atoms with Crippen LogP contribution >= 0.6 is 0 Å². The minimum atomic E-state index is -1.06. The van der Waals surface area contributed by atoms with Gasteiger partial charge >= 0.3 is 0 Å². The number of anilines is 3. The molecule has 1 aromatic carbocycles. The Morgan fingerprint density at radius 3 is 2.40 bits per heavy atom. The third kappa shape index (κ3) is 4.92. The number of rotatable bonds is 6. The lowest BCUT2D eigenvalue weighted by molar-refractivity contribution is -0.000415. The molecule has 2 aromatic heterocycles. The molecule has 5 rings (SSSR count). The van der Waals surface area contributed by atoms with Crippen LogP contribution in [0, 0.1) is 23.4 Å². The molecule has 0 amide bonds. The number of benzene rings is 1. The van der Waals surface area contributed by atoms with Crippen molar-refractivity contribution in [1.29, 1.82) is 0 Å². The van der Waals surface area contributed by atoms with E-state index in [1.165, 1.54) is 0 Å². The molecule has 1 atom stereocenters. The lowest BCUT2D eigenvalue weighted by Crippen LogP contribution is -2.37. The summed E-state index contributed by atoms with van der Waals surface area (Å²) in [5.41, 5.74) is -0.215. The van der Waals surface area contributed by atoms with E-state index in [1.54, 1.807) is 10.8 Å². The van der Waals surface area contributed by atoms with E-state index >= 15 is 0 Å². The first-order valence-electron chi connectivity index (χ1n) is 11.9. The zero-order chi connectivity index (χ0) is 24.7. The summed E-state index contributed by atoms with van der Waals surface area (Å²) in [6.07, 6.45) is 5.85. The summed E-state index contributed by atoms with van der Waals surface area (Å²) in [7, 11) is 0. The van der Waals surface area contributed by atoms with Crippen LogP contribution in [0.1, 0.15) is 52.0 Å². The number of hydrogen-bond donors (Lipinski definition) is 3. The number of fused-ring (bicyclic) bond motifs is 1. The number of imidazole rings is 1. The summed E-state index contributed by atoms with van der Waals surface area (Å²) in [5.74, 6) is -2.24. The van der Waals surface area contributed by atoms with Gasteiger partial charge in [-0.15, -0.1) is 0 Å². The second-order valence-corrected chi connectivity index (χ2v) is 9.94. The number of nitrogens with one attached hydrogen (secondary N) is 2. The van der Waals surface area contributed by atoms with E-state index in [-0.39, 0.29) is 23.9 Å². The molecular weight excluding hydrogens is 461 g/mol.